The van der Waals surface area contributed by atoms with Gasteiger partial charge in [-0.3, -0.25) is 9.59 Å². The second-order valence-corrected chi connectivity index (χ2v) is 3.81. The van der Waals surface area contributed by atoms with Crippen LogP contribution in [0.25, 0.3) is 0 Å². The van der Waals surface area contributed by atoms with Crippen LogP contribution in [0.3, 0.4) is 0 Å². The molecule has 1 aromatic rings. The number of hydrogen-bond donors (Lipinski definition) is 2. The van der Waals surface area contributed by atoms with Crippen LogP contribution in [0.4, 0.5) is 5.69 Å². The van der Waals surface area contributed by atoms with Crippen molar-refractivity contribution in [2.24, 2.45) is 0 Å². The highest BCUT2D eigenvalue weighted by Gasteiger charge is 2.14. The number of benzene rings is 1. The molecule has 5 nitrogen and oxygen atoms in total. The van der Waals surface area contributed by atoms with Crippen LogP contribution < -0.4 is 15.4 Å². The minimum absolute atomic E-state index is 0.0656. The summed E-state index contributed by atoms with van der Waals surface area (Å²) in [6.45, 7) is 3.58. The molecule has 1 aromatic carbocycles. The van der Waals surface area contributed by atoms with Gasteiger partial charge in [0.1, 0.15) is 5.75 Å². The first-order chi connectivity index (χ1) is 8.02. The summed E-state index contributed by atoms with van der Waals surface area (Å²) in [6, 6.07) is 6.68. The SMILES string of the molecule is COc1ccc(NC(=O)C(=O)NC(C)C)cc1. The summed E-state index contributed by atoms with van der Waals surface area (Å²) in [6.07, 6.45) is 0. The molecule has 5 heteroatoms. The summed E-state index contributed by atoms with van der Waals surface area (Å²) in [5.41, 5.74) is 0.551. The van der Waals surface area contributed by atoms with E-state index < -0.39 is 11.8 Å². The summed E-state index contributed by atoms with van der Waals surface area (Å²) < 4.78 is 4.98. The minimum Gasteiger partial charge on any atom is -0.497 e. The molecule has 1 rings (SSSR count). The molecule has 0 aliphatic carbocycles. The fraction of sp³-hybridized carbons (Fsp3) is 0.333. The zero-order valence-electron chi connectivity index (χ0n) is 10.1. The molecule has 2 amide bonds. The van der Waals surface area contributed by atoms with Gasteiger partial charge >= 0.3 is 11.8 Å². The molecule has 0 heterocycles. The van der Waals surface area contributed by atoms with E-state index >= 15 is 0 Å². The van der Waals surface area contributed by atoms with Gasteiger partial charge in [0, 0.05) is 11.7 Å². The lowest BCUT2D eigenvalue weighted by atomic mass is 10.3. The summed E-state index contributed by atoms with van der Waals surface area (Å²) in [4.78, 5) is 22.8. The molecular weight excluding hydrogens is 220 g/mol. The number of methoxy groups -OCH3 is 1. The van der Waals surface area contributed by atoms with Crippen molar-refractivity contribution in [3.05, 3.63) is 24.3 Å². The zero-order valence-corrected chi connectivity index (χ0v) is 10.1. The van der Waals surface area contributed by atoms with E-state index in [9.17, 15) is 9.59 Å². The van der Waals surface area contributed by atoms with Crippen LogP contribution in [0.15, 0.2) is 24.3 Å². The fourth-order valence-corrected chi connectivity index (χ4v) is 1.19. The summed E-state index contributed by atoms with van der Waals surface area (Å²) in [5, 5.41) is 5.00. The largest absolute Gasteiger partial charge is 0.497 e. The smallest absolute Gasteiger partial charge is 0.313 e. The Bertz CT molecular complexity index is 399. The number of nitrogens with one attached hydrogen (secondary N) is 2. The number of rotatable bonds is 3. The van der Waals surface area contributed by atoms with Crippen molar-refractivity contribution in [2.45, 2.75) is 19.9 Å². The number of carbonyl (C=O) groups excluding carboxylic acids is 2. The molecule has 2 N–H and O–H groups in total. The molecule has 0 unspecified atom stereocenters. The van der Waals surface area contributed by atoms with Crippen LogP contribution in [0, 0.1) is 0 Å². The van der Waals surface area contributed by atoms with Gasteiger partial charge in [0.25, 0.3) is 0 Å². The Balaban J connectivity index is 2.58. The van der Waals surface area contributed by atoms with Crippen molar-refractivity contribution in [2.75, 3.05) is 12.4 Å². The number of carbonyl (C=O) groups is 2. The molecule has 0 atom stereocenters. The maximum atomic E-state index is 11.4. The van der Waals surface area contributed by atoms with Crippen LogP contribution in [0.1, 0.15) is 13.8 Å². The van der Waals surface area contributed by atoms with Crippen molar-refractivity contribution in [3.63, 3.8) is 0 Å². The summed E-state index contributed by atoms with van der Waals surface area (Å²) in [5.74, 6) is -0.630. The molecule has 0 saturated carbocycles. The topological polar surface area (TPSA) is 67.4 Å². The third kappa shape index (κ3) is 4.14. The van der Waals surface area contributed by atoms with E-state index in [-0.39, 0.29) is 6.04 Å². The normalized spacial score (nSPS) is 9.88. The van der Waals surface area contributed by atoms with Gasteiger partial charge in [0.15, 0.2) is 0 Å². The van der Waals surface area contributed by atoms with Crippen molar-refractivity contribution in [1.29, 1.82) is 0 Å². The Morgan fingerprint density at radius 3 is 2.18 bits per heavy atom. The molecule has 0 aromatic heterocycles. The Hall–Kier alpha value is -2.04. The van der Waals surface area contributed by atoms with Gasteiger partial charge in [-0.25, -0.2) is 0 Å². The van der Waals surface area contributed by atoms with E-state index in [0.29, 0.717) is 11.4 Å². The van der Waals surface area contributed by atoms with E-state index in [0.717, 1.165) is 0 Å². The van der Waals surface area contributed by atoms with Crippen LogP contribution in [-0.2, 0) is 9.59 Å². The minimum atomic E-state index is -0.677. The Kier molecular flexibility index (Phi) is 4.51. The number of anilines is 1. The van der Waals surface area contributed by atoms with Gasteiger partial charge in [-0.05, 0) is 38.1 Å². The van der Waals surface area contributed by atoms with Crippen LogP contribution in [0.5, 0.6) is 5.75 Å². The van der Waals surface area contributed by atoms with E-state index in [2.05, 4.69) is 10.6 Å². The van der Waals surface area contributed by atoms with E-state index in [1.165, 1.54) is 0 Å². The van der Waals surface area contributed by atoms with Crippen LogP contribution in [-0.4, -0.2) is 25.0 Å². The predicted molar refractivity (Wildman–Crippen MR) is 64.9 cm³/mol. The van der Waals surface area contributed by atoms with E-state index in [4.69, 9.17) is 4.74 Å². The number of ether oxygens (including phenoxy) is 1. The lowest BCUT2D eigenvalue weighted by Gasteiger charge is -2.09. The molecule has 0 saturated heterocycles. The lowest BCUT2D eigenvalue weighted by molar-refractivity contribution is -0.136. The average Bonchev–Trinajstić information content (AvgIpc) is 2.29. The molecule has 0 radical (unpaired) electrons. The quantitative estimate of drug-likeness (QED) is 0.774. The highest BCUT2D eigenvalue weighted by atomic mass is 16.5. The zero-order chi connectivity index (χ0) is 12.8. The third-order valence-electron chi connectivity index (χ3n) is 1.97. The maximum absolute atomic E-state index is 11.4. The molecule has 17 heavy (non-hydrogen) atoms. The molecule has 92 valence electrons. The second-order valence-electron chi connectivity index (χ2n) is 3.81. The Labute approximate surface area is 100 Å². The van der Waals surface area contributed by atoms with Gasteiger partial charge in [-0.15, -0.1) is 0 Å². The third-order valence-corrected chi connectivity index (χ3v) is 1.97. The second kappa shape index (κ2) is 5.89. The number of hydrogen-bond acceptors (Lipinski definition) is 3. The molecular formula is C12H16N2O3. The number of amides is 2. The van der Waals surface area contributed by atoms with Gasteiger partial charge < -0.3 is 15.4 Å². The molecule has 0 aliphatic heterocycles. The van der Waals surface area contributed by atoms with Crippen molar-refractivity contribution >= 4 is 17.5 Å². The van der Waals surface area contributed by atoms with Gasteiger partial charge in [-0.1, -0.05) is 0 Å². The monoisotopic (exact) mass is 236 g/mol. The summed E-state index contributed by atoms with van der Waals surface area (Å²) >= 11 is 0. The first-order valence-corrected chi connectivity index (χ1v) is 5.29. The highest BCUT2D eigenvalue weighted by Crippen LogP contribution is 2.14. The van der Waals surface area contributed by atoms with Crippen LogP contribution >= 0.6 is 0 Å². The Morgan fingerprint density at radius 2 is 1.71 bits per heavy atom. The van der Waals surface area contributed by atoms with E-state index in [1.807, 2.05) is 0 Å². The Morgan fingerprint density at radius 1 is 1.12 bits per heavy atom. The standard InChI is InChI=1S/C12H16N2O3/c1-8(2)13-11(15)12(16)14-9-4-6-10(17-3)7-5-9/h4-8H,1-3H3,(H,13,15)(H,14,16). The summed E-state index contributed by atoms with van der Waals surface area (Å²) in [7, 11) is 1.56. The highest BCUT2D eigenvalue weighted by molar-refractivity contribution is 6.39. The molecule has 0 aliphatic rings. The predicted octanol–water partition coefficient (Wildman–Crippen LogP) is 1.16. The van der Waals surface area contributed by atoms with Crippen molar-refractivity contribution in [3.8, 4) is 5.75 Å². The fourth-order valence-electron chi connectivity index (χ4n) is 1.19. The average molecular weight is 236 g/mol. The van der Waals surface area contributed by atoms with E-state index in [1.54, 1.807) is 45.2 Å². The van der Waals surface area contributed by atoms with Crippen LogP contribution in [0.2, 0.25) is 0 Å². The van der Waals surface area contributed by atoms with Crippen molar-refractivity contribution < 1.29 is 14.3 Å². The maximum Gasteiger partial charge on any atom is 0.313 e. The van der Waals surface area contributed by atoms with Gasteiger partial charge in [0.05, 0.1) is 7.11 Å². The molecule has 0 fully saturated rings. The van der Waals surface area contributed by atoms with Gasteiger partial charge in [0.2, 0.25) is 0 Å². The first-order valence-electron chi connectivity index (χ1n) is 5.29. The first kappa shape index (κ1) is 13.0. The molecule has 0 spiro atoms. The van der Waals surface area contributed by atoms with Crippen molar-refractivity contribution in [1.82, 2.24) is 5.32 Å². The lowest BCUT2D eigenvalue weighted by Crippen LogP contribution is -2.39. The molecule has 0 bridgehead atoms. The van der Waals surface area contributed by atoms with Gasteiger partial charge in [-0.2, -0.15) is 0 Å².